The molecule has 0 aromatic heterocycles. The van der Waals surface area contributed by atoms with Gasteiger partial charge in [-0.2, -0.15) is 0 Å². The second-order valence-corrected chi connectivity index (χ2v) is 5.12. The highest BCUT2D eigenvalue weighted by Gasteiger charge is 2.21. The molecule has 1 aliphatic heterocycles. The van der Waals surface area contributed by atoms with Crippen LogP contribution in [-0.2, 0) is 11.3 Å². The molecule has 0 bridgehead atoms. The molecule has 1 saturated heterocycles. The standard InChI is InChI=1S/C16H20N2O/c1-18(13-8-9-19-11-13)16-7-6-12(10-17)14-4-2-3-5-15(14)16/h2-7,13H,8-11,17H2,1H3. The maximum Gasteiger partial charge on any atom is 0.0670 e. The Bertz CT molecular complexity index is 576. The fourth-order valence-corrected chi connectivity index (χ4v) is 2.86. The van der Waals surface area contributed by atoms with Gasteiger partial charge in [-0.1, -0.05) is 30.3 Å². The maximum absolute atomic E-state index is 5.83. The Labute approximate surface area is 114 Å². The number of nitrogens with two attached hydrogens (primary N) is 1. The van der Waals surface area contributed by atoms with Crippen molar-refractivity contribution in [1.82, 2.24) is 0 Å². The zero-order valence-electron chi connectivity index (χ0n) is 11.3. The zero-order chi connectivity index (χ0) is 13.2. The third-order valence-electron chi connectivity index (χ3n) is 4.04. The van der Waals surface area contributed by atoms with E-state index in [-0.39, 0.29) is 0 Å². The molecule has 0 saturated carbocycles. The van der Waals surface area contributed by atoms with E-state index in [4.69, 9.17) is 10.5 Å². The lowest BCUT2D eigenvalue weighted by molar-refractivity contribution is 0.193. The van der Waals surface area contributed by atoms with E-state index >= 15 is 0 Å². The molecule has 1 unspecified atom stereocenters. The monoisotopic (exact) mass is 256 g/mol. The van der Waals surface area contributed by atoms with Crippen molar-refractivity contribution >= 4 is 16.5 Å². The predicted octanol–water partition coefficient (Wildman–Crippen LogP) is 2.52. The van der Waals surface area contributed by atoms with E-state index < -0.39 is 0 Å². The van der Waals surface area contributed by atoms with E-state index in [0.717, 1.165) is 19.6 Å². The van der Waals surface area contributed by atoms with Crippen LogP contribution in [0.4, 0.5) is 5.69 Å². The first-order valence-electron chi connectivity index (χ1n) is 6.82. The average Bonchev–Trinajstić information content (AvgIpc) is 2.99. The van der Waals surface area contributed by atoms with Crippen molar-refractivity contribution in [3.8, 4) is 0 Å². The molecule has 1 heterocycles. The second-order valence-electron chi connectivity index (χ2n) is 5.12. The van der Waals surface area contributed by atoms with Crippen molar-refractivity contribution in [3.63, 3.8) is 0 Å². The van der Waals surface area contributed by atoms with Crippen LogP contribution in [0.3, 0.4) is 0 Å². The number of nitrogens with zero attached hydrogens (tertiary/aromatic N) is 1. The first kappa shape index (κ1) is 12.5. The lowest BCUT2D eigenvalue weighted by atomic mass is 10.0. The van der Waals surface area contributed by atoms with Crippen LogP contribution in [0.5, 0.6) is 0 Å². The fourth-order valence-electron chi connectivity index (χ4n) is 2.86. The molecule has 3 nitrogen and oxygen atoms in total. The third kappa shape index (κ3) is 2.20. The van der Waals surface area contributed by atoms with Crippen molar-refractivity contribution in [2.45, 2.75) is 19.0 Å². The van der Waals surface area contributed by atoms with Crippen molar-refractivity contribution in [1.29, 1.82) is 0 Å². The molecule has 2 N–H and O–H groups in total. The van der Waals surface area contributed by atoms with E-state index in [1.807, 2.05) is 0 Å². The number of benzene rings is 2. The highest BCUT2D eigenvalue weighted by Crippen LogP contribution is 2.31. The maximum atomic E-state index is 5.83. The minimum Gasteiger partial charge on any atom is -0.379 e. The fraction of sp³-hybridized carbons (Fsp3) is 0.375. The molecule has 3 heteroatoms. The van der Waals surface area contributed by atoms with Crippen molar-refractivity contribution in [2.24, 2.45) is 5.73 Å². The van der Waals surface area contributed by atoms with Crippen molar-refractivity contribution < 1.29 is 4.74 Å². The Hall–Kier alpha value is -1.58. The minimum atomic E-state index is 0.479. The Morgan fingerprint density at radius 2 is 2.00 bits per heavy atom. The molecular weight excluding hydrogens is 236 g/mol. The summed E-state index contributed by atoms with van der Waals surface area (Å²) < 4.78 is 5.50. The topological polar surface area (TPSA) is 38.5 Å². The number of anilines is 1. The van der Waals surface area contributed by atoms with Crippen LogP contribution in [0.15, 0.2) is 36.4 Å². The lowest BCUT2D eigenvalue weighted by Gasteiger charge is -2.27. The molecule has 2 aromatic rings. The quantitative estimate of drug-likeness (QED) is 0.917. The highest BCUT2D eigenvalue weighted by molar-refractivity contribution is 5.96. The number of hydrogen-bond acceptors (Lipinski definition) is 3. The molecule has 0 aliphatic carbocycles. The summed E-state index contributed by atoms with van der Waals surface area (Å²) in [5.74, 6) is 0. The Kier molecular flexibility index (Phi) is 3.40. The SMILES string of the molecule is CN(c1ccc(CN)c2ccccc12)C1CCOC1. The number of likely N-dealkylation sites (N-methyl/N-ethyl adjacent to an activating group) is 1. The number of hydrogen-bond donors (Lipinski definition) is 1. The van der Waals surface area contributed by atoms with Gasteiger partial charge in [0.2, 0.25) is 0 Å². The zero-order valence-corrected chi connectivity index (χ0v) is 11.3. The predicted molar refractivity (Wildman–Crippen MR) is 79.5 cm³/mol. The smallest absolute Gasteiger partial charge is 0.0670 e. The summed E-state index contributed by atoms with van der Waals surface area (Å²) in [6, 6.07) is 13.3. The van der Waals surface area contributed by atoms with Gasteiger partial charge in [0.25, 0.3) is 0 Å². The molecule has 3 rings (SSSR count). The molecule has 1 atom stereocenters. The highest BCUT2D eigenvalue weighted by atomic mass is 16.5. The molecular formula is C16H20N2O. The molecule has 0 spiro atoms. The van der Waals surface area contributed by atoms with Gasteiger partial charge in [0.1, 0.15) is 0 Å². The van der Waals surface area contributed by atoms with Gasteiger partial charge in [0, 0.05) is 31.3 Å². The normalized spacial score (nSPS) is 18.9. The van der Waals surface area contributed by atoms with Crippen LogP contribution < -0.4 is 10.6 Å². The summed E-state index contributed by atoms with van der Waals surface area (Å²) in [5.41, 5.74) is 8.30. The van der Waals surface area contributed by atoms with Crippen LogP contribution in [0.25, 0.3) is 10.8 Å². The van der Waals surface area contributed by atoms with Crippen LogP contribution in [-0.4, -0.2) is 26.3 Å². The number of rotatable bonds is 3. The summed E-state index contributed by atoms with van der Waals surface area (Å²) in [6.45, 7) is 2.27. The van der Waals surface area contributed by atoms with E-state index in [1.54, 1.807) is 0 Å². The van der Waals surface area contributed by atoms with Gasteiger partial charge < -0.3 is 15.4 Å². The van der Waals surface area contributed by atoms with Crippen LogP contribution in [0.1, 0.15) is 12.0 Å². The minimum absolute atomic E-state index is 0.479. The molecule has 1 fully saturated rings. The number of fused-ring (bicyclic) bond motifs is 1. The van der Waals surface area contributed by atoms with Crippen molar-refractivity contribution in [2.75, 3.05) is 25.2 Å². The largest absolute Gasteiger partial charge is 0.379 e. The lowest BCUT2D eigenvalue weighted by Crippen LogP contribution is -2.31. The van der Waals surface area contributed by atoms with Crippen molar-refractivity contribution in [3.05, 3.63) is 42.0 Å². The molecule has 1 aliphatic rings. The van der Waals surface area contributed by atoms with E-state index in [0.29, 0.717) is 12.6 Å². The van der Waals surface area contributed by atoms with Gasteiger partial charge in [-0.25, -0.2) is 0 Å². The summed E-state index contributed by atoms with van der Waals surface area (Å²) in [5, 5.41) is 2.54. The van der Waals surface area contributed by atoms with Gasteiger partial charge in [-0.15, -0.1) is 0 Å². The first-order valence-corrected chi connectivity index (χ1v) is 6.82. The Morgan fingerprint density at radius 3 is 2.68 bits per heavy atom. The second kappa shape index (κ2) is 5.19. The van der Waals surface area contributed by atoms with Crippen LogP contribution in [0, 0.1) is 0 Å². The molecule has 0 amide bonds. The third-order valence-corrected chi connectivity index (χ3v) is 4.04. The average molecular weight is 256 g/mol. The molecule has 2 aromatic carbocycles. The van der Waals surface area contributed by atoms with Gasteiger partial charge in [-0.3, -0.25) is 0 Å². The van der Waals surface area contributed by atoms with Gasteiger partial charge in [0.05, 0.1) is 12.6 Å². The Morgan fingerprint density at radius 1 is 1.21 bits per heavy atom. The first-order chi connectivity index (χ1) is 9.31. The van der Waals surface area contributed by atoms with E-state index in [1.165, 1.54) is 22.0 Å². The van der Waals surface area contributed by atoms with Gasteiger partial charge >= 0.3 is 0 Å². The summed E-state index contributed by atoms with van der Waals surface area (Å²) in [4.78, 5) is 2.34. The molecule has 19 heavy (non-hydrogen) atoms. The molecule has 0 radical (unpaired) electrons. The summed E-state index contributed by atoms with van der Waals surface area (Å²) >= 11 is 0. The Balaban J connectivity index is 2.08. The van der Waals surface area contributed by atoms with E-state index in [2.05, 4.69) is 48.3 Å². The number of ether oxygens (including phenoxy) is 1. The summed E-state index contributed by atoms with van der Waals surface area (Å²) in [7, 11) is 2.16. The van der Waals surface area contributed by atoms with Gasteiger partial charge in [0.15, 0.2) is 0 Å². The molecule has 100 valence electrons. The van der Waals surface area contributed by atoms with E-state index in [9.17, 15) is 0 Å². The van der Waals surface area contributed by atoms with Crippen LogP contribution >= 0.6 is 0 Å². The summed E-state index contributed by atoms with van der Waals surface area (Å²) in [6.07, 6.45) is 1.10. The van der Waals surface area contributed by atoms with Crippen LogP contribution in [0.2, 0.25) is 0 Å². The van der Waals surface area contributed by atoms with Gasteiger partial charge in [-0.05, 0) is 23.4 Å².